The molecule has 1 aliphatic rings. The van der Waals surface area contributed by atoms with E-state index in [9.17, 15) is 5.11 Å². The van der Waals surface area contributed by atoms with Crippen molar-refractivity contribution in [3.63, 3.8) is 0 Å². The van der Waals surface area contributed by atoms with Gasteiger partial charge in [0.2, 0.25) is 0 Å². The summed E-state index contributed by atoms with van der Waals surface area (Å²) in [6.45, 7) is 3.03. The molecule has 4 atom stereocenters. The summed E-state index contributed by atoms with van der Waals surface area (Å²) in [7, 11) is 1.51. The van der Waals surface area contributed by atoms with Gasteiger partial charge in [-0.15, -0.1) is 0 Å². The minimum atomic E-state index is -0.881. The third-order valence-corrected chi connectivity index (χ3v) is 4.58. The highest BCUT2D eigenvalue weighted by Crippen LogP contribution is 2.34. The van der Waals surface area contributed by atoms with Crippen LogP contribution in [-0.2, 0) is 32.2 Å². The van der Waals surface area contributed by atoms with Crippen LogP contribution in [0.2, 0.25) is 0 Å². The molecule has 140 valence electrons. The summed E-state index contributed by atoms with van der Waals surface area (Å²) < 4.78 is 23.1. The molecule has 0 amide bonds. The molecule has 3 rings (SSSR count). The van der Waals surface area contributed by atoms with E-state index in [1.165, 1.54) is 7.11 Å². The highest BCUT2D eigenvalue weighted by Gasteiger charge is 2.53. The monoisotopic (exact) mass is 358 g/mol. The number of benzene rings is 2. The predicted octanol–water partition coefficient (Wildman–Crippen LogP) is 2.91. The van der Waals surface area contributed by atoms with Gasteiger partial charge in [-0.05, 0) is 18.1 Å². The molecule has 0 bridgehead atoms. The zero-order chi connectivity index (χ0) is 18.4. The molecule has 0 aliphatic carbocycles. The summed E-state index contributed by atoms with van der Waals surface area (Å²) in [4.78, 5) is 0. The van der Waals surface area contributed by atoms with Crippen molar-refractivity contribution in [2.75, 3.05) is 13.7 Å². The molecule has 2 aromatic rings. The Bertz CT molecular complexity index is 663. The molecule has 0 radical (unpaired) electrons. The van der Waals surface area contributed by atoms with Crippen molar-refractivity contribution in [3.8, 4) is 0 Å². The van der Waals surface area contributed by atoms with Crippen LogP contribution in [-0.4, -0.2) is 42.9 Å². The topological polar surface area (TPSA) is 57.2 Å². The van der Waals surface area contributed by atoms with Gasteiger partial charge in [0.05, 0.1) is 19.8 Å². The maximum Gasteiger partial charge on any atom is 0.186 e. The maximum absolute atomic E-state index is 10.5. The van der Waals surface area contributed by atoms with Gasteiger partial charge in [-0.25, -0.2) is 0 Å². The van der Waals surface area contributed by atoms with Crippen LogP contribution in [0.25, 0.3) is 0 Å². The lowest BCUT2D eigenvalue weighted by molar-refractivity contribution is -0.190. The second-order valence-corrected chi connectivity index (χ2v) is 6.72. The highest BCUT2D eigenvalue weighted by atomic mass is 16.7. The fourth-order valence-electron chi connectivity index (χ4n) is 3.19. The molecule has 0 spiro atoms. The van der Waals surface area contributed by atoms with Gasteiger partial charge < -0.3 is 24.1 Å². The molecular weight excluding hydrogens is 332 g/mol. The summed E-state index contributed by atoms with van der Waals surface area (Å²) >= 11 is 0. The van der Waals surface area contributed by atoms with Crippen LogP contribution in [0.1, 0.15) is 18.1 Å². The van der Waals surface area contributed by atoms with Crippen molar-refractivity contribution in [2.24, 2.45) is 0 Å². The van der Waals surface area contributed by atoms with Gasteiger partial charge >= 0.3 is 0 Å². The Kier molecular flexibility index (Phi) is 6.40. The summed E-state index contributed by atoms with van der Waals surface area (Å²) in [5.74, 6) is 0. The smallest absolute Gasteiger partial charge is 0.186 e. The first-order chi connectivity index (χ1) is 12.6. The minimum absolute atomic E-state index is 0.290. The first-order valence-electron chi connectivity index (χ1n) is 8.78. The van der Waals surface area contributed by atoms with E-state index in [0.717, 1.165) is 11.1 Å². The Morgan fingerprint density at radius 3 is 2.12 bits per heavy atom. The summed E-state index contributed by atoms with van der Waals surface area (Å²) in [6, 6.07) is 19.8. The third-order valence-electron chi connectivity index (χ3n) is 4.58. The molecule has 0 saturated carbocycles. The minimum Gasteiger partial charge on any atom is -0.385 e. The van der Waals surface area contributed by atoms with Gasteiger partial charge in [-0.1, -0.05) is 60.7 Å². The van der Waals surface area contributed by atoms with Gasteiger partial charge in [0, 0.05) is 7.11 Å². The van der Waals surface area contributed by atoms with Crippen LogP contribution in [0, 0.1) is 0 Å². The van der Waals surface area contributed by atoms with E-state index in [0.29, 0.717) is 13.2 Å². The van der Waals surface area contributed by atoms with Crippen LogP contribution in [0.4, 0.5) is 0 Å². The quantitative estimate of drug-likeness (QED) is 0.786. The van der Waals surface area contributed by atoms with Crippen LogP contribution >= 0.6 is 0 Å². The van der Waals surface area contributed by atoms with E-state index in [2.05, 4.69) is 0 Å². The number of hydrogen-bond acceptors (Lipinski definition) is 5. The molecule has 1 aliphatic heterocycles. The molecule has 0 unspecified atom stereocenters. The number of rotatable bonds is 8. The van der Waals surface area contributed by atoms with Crippen LogP contribution in [0.5, 0.6) is 0 Å². The molecule has 5 heteroatoms. The first kappa shape index (κ1) is 19.0. The van der Waals surface area contributed by atoms with Crippen molar-refractivity contribution in [2.45, 2.75) is 44.2 Å². The highest BCUT2D eigenvalue weighted by molar-refractivity contribution is 5.14. The van der Waals surface area contributed by atoms with E-state index >= 15 is 0 Å². The van der Waals surface area contributed by atoms with Crippen molar-refractivity contribution >= 4 is 0 Å². The fourth-order valence-corrected chi connectivity index (χ4v) is 3.19. The van der Waals surface area contributed by atoms with Crippen molar-refractivity contribution in [3.05, 3.63) is 71.8 Å². The third kappa shape index (κ3) is 4.50. The summed E-state index contributed by atoms with van der Waals surface area (Å²) in [6.07, 6.45) is -2.17. The lowest BCUT2D eigenvalue weighted by atomic mass is 9.98. The number of aliphatic hydroxyl groups excluding tert-OH is 1. The summed E-state index contributed by atoms with van der Waals surface area (Å²) in [5.41, 5.74) is 1.32. The lowest BCUT2D eigenvalue weighted by Crippen LogP contribution is -2.46. The number of methoxy groups -OCH3 is 1. The van der Waals surface area contributed by atoms with E-state index in [1.54, 1.807) is 0 Å². The average molecular weight is 358 g/mol. The molecular formula is C21H26O5. The van der Waals surface area contributed by atoms with Gasteiger partial charge in [0.15, 0.2) is 6.29 Å². The first-order valence-corrected chi connectivity index (χ1v) is 8.78. The van der Waals surface area contributed by atoms with Gasteiger partial charge in [-0.2, -0.15) is 0 Å². The van der Waals surface area contributed by atoms with Gasteiger partial charge in [-0.3, -0.25) is 0 Å². The van der Waals surface area contributed by atoms with Crippen molar-refractivity contribution in [1.29, 1.82) is 0 Å². The van der Waals surface area contributed by atoms with Crippen LogP contribution in [0.3, 0.4) is 0 Å². The van der Waals surface area contributed by atoms with E-state index in [4.69, 9.17) is 18.9 Å². The Hall–Kier alpha value is -1.76. The second kappa shape index (κ2) is 8.75. The van der Waals surface area contributed by atoms with Gasteiger partial charge in [0.25, 0.3) is 0 Å². The molecule has 2 aromatic carbocycles. The number of aliphatic hydroxyl groups is 1. The molecule has 5 nitrogen and oxygen atoms in total. The molecule has 26 heavy (non-hydrogen) atoms. The maximum atomic E-state index is 10.5. The zero-order valence-corrected chi connectivity index (χ0v) is 15.2. The fraction of sp³-hybridized carbons (Fsp3) is 0.429. The molecule has 0 aromatic heterocycles. The van der Waals surface area contributed by atoms with E-state index < -0.39 is 24.1 Å². The van der Waals surface area contributed by atoms with E-state index in [1.807, 2.05) is 67.6 Å². The van der Waals surface area contributed by atoms with Gasteiger partial charge in [0.1, 0.15) is 17.8 Å². The molecule has 1 fully saturated rings. The van der Waals surface area contributed by atoms with Crippen LogP contribution < -0.4 is 0 Å². The largest absolute Gasteiger partial charge is 0.385 e. The summed E-state index contributed by atoms with van der Waals surface area (Å²) in [5, 5.41) is 10.5. The van der Waals surface area contributed by atoms with Crippen molar-refractivity contribution in [1.82, 2.24) is 0 Å². The molecule has 1 saturated heterocycles. The molecule has 1 heterocycles. The SMILES string of the molecule is CO[C@H]1O[C@](C)(COCc2ccccc2)[C@@H](OCc2ccccc2)[C@H]1O. The Morgan fingerprint density at radius 2 is 1.54 bits per heavy atom. The average Bonchev–Trinajstić information content (AvgIpc) is 2.92. The number of hydrogen-bond donors (Lipinski definition) is 1. The van der Waals surface area contributed by atoms with Crippen molar-refractivity contribution < 1.29 is 24.1 Å². The normalized spacial score (nSPS) is 28.3. The molecule has 1 N–H and O–H groups in total. The number of ether oxygens (including phenoxy) is 4. The zero-order valence-electron chi connectivity index (χ0n) is 15.2. The second-order valence-electron chi connectivity index (χ2n) is 6.72. The predicted molar refractivity (Wildman–Crippen MR) is 97.4 cm³/mol. The van der Waals surface area contributed by atoms with Crippen LogP contribution in [0.15, 0.2) is 60.7 Å². The Labute approximate surface area is 154 Å². The standard InChI is InChI=1S/C21H26O5/c1-21(15-24-13-16-9-5-3-6-10-16)19(18(22)20(23-2)26-21)25-14-17-11-7-4-8-12-17/h3-12,18-20,22H,13-15H2,1-2H3/t18-,19+,20+,21-/m1/s1. The lowest BCUT2D eigenvalue weighted by Gasteiger charge is -2.30. The Balaban J connectivity index is 1.63. The van der Waals surface area contributed by atoms with E-state index in [-0.39, 0.29) is 6.61 Å². The Morgan fingerprint density at radius 1 is 0.962 bits per heavy atom.